The molecule has 0 amide bonds. The first-order valence-electron chi connectivity index (χ1n) is 13.1. The normalized spacial score (nSPS) is 15.1. The topological polar surface area (TPSA) is 66.4 Å². The quantitative estimate of drug-likeness (QED) is 0.139. The molecule has 3 atom stereocenters. The van der Waals surface area contributed by atoms with Crippen LogP contribution in [0, 0.1) is 0 Å². The summed E-state index contributed by atoms with van der Waals surface area (Å²) in [5.74, 6) is 0. The molecule has 1 N–H and O–H groups in total. The number of rotatable bonds is 17. The second kappa shape index (κ2) is 16.2. The molecule has 0 radical (unpaired) electrons. The summed E-state index contributed by atoms with van der Waals surface area (Å²) in [5, 5.41) is 12.5. The lowest BCUT2D eigenvalue weighted by Crippen LogP contribution is -2.66. The van der Waals surface area contributed by atoms with Crippen LogP contribution in [-0.4, -0.2) is 66.1 Å². The highest BCUT2D eigenvalue weighted by atomic mass is 28.4. The Balaban J connectivity index is 2.09. The smallest absolute Gasteiger partial charge is 0.261 e. The molecule has 0 fully saturated rings. The number of hydrogen-bond donors (Lipinski definition) is 1. The minimum Gasteiger partial charge on any atom is -0.407 e. The highest BCUT2D eigenvalue weighted by molar-refractivity contribution is 6.99. The summed E-state index contributed by atoms with van der Waals surface area (Å²) in [5.41, 5.74) is 0. The van der Waals surface area contributed by atoms with Gasteiger partial charge in [-0.2, -0.15) is 0 Å². The molecule has 0 saturated carbocycles. The van der Waals surface area contributed by atoms with Gasteiger partial charge in [0.1, 0.15) is 19.7 Å². The molecule has 206 valence electrons. The summed E-state index contributed by atoms with van der Waals surface area (Å²) in [4.78, 5) is 0. The zero-order valence-corrected chi connectivity index (χ0v) is 24.4. The first-order chi connectivity index (χ1) is 17.8. The van der Waals surface area contributed by atoms with Gasteiger partial charge in [-0.1, -0.05) is 93.6 Å². The third kappa shape index (κ3) is 9.44. The van der Waals surface area contributed by atoms with Crippen LogP contribution in [0.5, 0.6) is 0 Å². The Morgan fingerprint density at radius 3 is 1.84 bits per heavy atom. The van der Waals surface area contributed by atoms with Gasteiger partial charge in [0.25, 0.3) is 8.32 Å². The van der Waals surface area contributed by atoms with Gasteiger partial charge in [-0.3, -0.25) is 0 Å². The van der Waals surface area contributed by atoms with Crippen molar-refractivity contribution >= 4 is 18.7 Å². The number of benzene rings is 2. The summed E-state index contributed by atoms with van der Waals surface area (Å²) in [6.45, 7) is 9.56. The fourth-order valence-electron chi connectivity index (χ4n) is 4.56. The van der Waals surface area contributed by atoms with E-state index in [-0.39, 0.29) is 24.7 Å². The lowest BCUT2D eigenvalue weighted by atomic mass is 10.1. The van der Waals surface area contributed by atoms with Crippen LogP contribution >= 0.6 is 0 Å². The van der Waals surface area contributed by atoms with Crippen LogP contribution in [0.4, 0.5) is 0 Å². The Morgan fingerprint density at radius 2 is 1.35 bits per heavy atom. The van der Waals surface area contributed by atoms with Crippen molar-refractivity contribution in [3.63, 3.8) is 0 Å². The van der Waals surface area contributed by atoms with Crippen molar-refractivity contribution in [3.05, 3.63) is 72.8 Å². The molecule has 2 aromatic carbocycles. The maximum absolute atomic E-state index is 9.99. The van der Waals surface area contributed by atoms with Crippen molar-refractivity contribution in [3.8, 4) is 0 Å². The van der Waals surface area contributed by atoms with E-state index in [9.17, 15) is 5.11 Å². The highest BCUT2D eigenvalue weighted by Gasteiger charge is 2.49. The molecule has 2 rings (SSSR count). The number of aliphatic hydroxyl groups excluding tert-OH is 1. The fourth-order valence-corrected chi connectivity index (χ4v) is 9.17. The third-order valence-electron chi connectivity index (χ3n) is 6.39. The summed E-state index contributed by atoms with van der Waals surface area (Å²) >= 11 is 0. The Bertz CT molecular complexity index is 842. The van der Waals surface area contributed by atoms with Crippen molar-refractivity contribution in [1.82, 2.24) is 0 Å². The Morgan fingerprint density at radius 1 is 0.811 bits per heavy atom. The number of ether oxygens (including phenoxy) is 4. The molecule has 2 aromatic rings. The maximum Gasteiger partial charge on any atom is 0.261 e. The van der Waals surface area contributed by atoms with E-state index >= 15 is 0 Å². The van der Waals surface area contributed by atoms with Crippen LogP contribution in [0.2, 0.25) is 5.04 Å². The Hall–Kier alpha value is -1.84. The Labute approximate surface area is 224 Å². The summed E-state index contributed by atoms with van der Waals surface area (Å²) in [6, 6.07) is 21.4. The lowest BCUT2D eigenvalue weighted by Gasteiger charge is -2.43. The van der Waals surface area contributed by atoms with Crippen LogP contribution < -0.4 is 10.4 Å². The molecule has 0 saturated heterocycles. The number of aliphatic hydroxyl groups is 1. The molecule has 0 heterocycles. The molecule has 37 heavy (non-hydrogen) atoms. The first-order valence-corrected chi connectivity index (χ1v) is 15.0. The molecule has 6 nitrogen and oxygen atoms in total. The molecule has 0 bridgehead atoms. The zero-order chi connectivity index (χ0) is 27.2. The molecular formula is C30H46O6Si. The molecule has 0 unspecified atom stereocenters. The van der Waals surface area contributed by atoms with Gasteiger partial charge in [-0.25, -0.2) is 0 Å². The van der Waals surface area contributed by atoms with Crippen LogP contribution in [0.1, 0.15) is 47.0 Å². The van der Waals surface area contributed by atoms with Gasteiger partial charge in [-0.05, 0) is 41.6 Å². The largest absolute Gasteiger partial charge is 0.407 e. The second-order valence-electron chi connectivity index (χ2n) is 10.3. The number of unbranched alkanes of at least 4 members (excludes halogenated alkanes) is 1. The van der Waals surface area contributed by atoms with Gasteiger partial charge in [-0.15, -0.1) is 0 Å². The van der Waals surface area contributed by atoms with E-state index in [4.69, 9.17) is 23.4 Å². The van der Waals surface area contributed by atoms with E-state index in [0.29, 0.717) is 6.61 Å². The minimum absolute atomic E-state index is 0.0409. The third-order valence-corrected chi connectivity index (χ3v) is 11.4. The molecule has 0 spiro atoms. The average Bonchev–Trinajstić information content (AvgIpc) is 2.88. The van der Waals surface area contributed by atoms with E-state index in [1.807, 2.05) is 12.2 Å². The summed E-state index contributed by atoms with van der Waals surface area (Å²) in [6.07, 6.45) is 5.14. The van der Waals surface area contributed by atoms with Crippen LogP contribution in [-0.2, 0) is 23.4 Å². The average molecular weight is 531 g/mol. The molecule has 0 aliphatic rings. The van der Waals surface area contributed by atoms with E-state index in [1.54, 1.807) is 21.1 Å². The monoisotopic (exact) mass is 530 g/mol. The van der Waals surface area contributed by atoms with E-state index in [0.717, 1.165) is 19.3 Å². The van der Waals surface area contributed by atoms with E-state index < -0.39 is 20.5 Å². The van der Waals surface area contributed by atoms with Crippen LogP contribution in [0.3, 0.4) is 0 Å². The molecule has 0 aliphatic heterocycles. The van der Waals surface area contributed by atoms with Crippen molar-refractivity contribution < 1.29 is 28.5 Å². The first kappa shape index (κ1) is 31.4. The van der Waals surface area contributed by atoms with Crippen molar-refractivity contribution in [2.24, 2.45) is 0 Å². The van der Waals surface area contributed by atoms with Gasteiger partial charge in [0.2, 0.25) is 0 Å². The van der Waals surface area contributed by atoms with Crippen molar-refractivity contribution in [2.45, 2.75) is 70.3 Å². The predicted molar refractivity (Wildman–Crippen MR) is 152 cm³/mol. The molecule has 0 aromatic heterocycles. The van der Waals surface area contributed by atoms with Crippen LogP contribution in [0.25, 0.3) is 0 Å². The van der Waals surface area contributed by atoms with Gasteiger partial charge >= 0.3 is 0 Å². The van der Waals surface area contributed by atoms with Crippen molar-refractivity contribution in [2.75, 3.05) is 34.4 Å². The second-order valence-corrected chi connectivity index (χ2v) is 14.6. The SMILES string of the molecule is COCO[C@@H](/C=C\[C@@H](OCOC)[C@H](C)O)CCCCO[Si](c1ccccc1)(c1ccccc1)C(C)(C)C. The molecular weight excluding hydrogens is 484 g/mol. The number of methoxy groups -OCH3 is 2. The predicted octanol–water partition coefficient (Wildman–Crippen LogP) is 4.65. The summed E-state index contributed by atoms with van der Waals surface area (Å²) in [7, 11) is 0.643. The fraction of sp³-hybridized carbons (Fsp3) is 0.533. The minimum atomic E-state index is -2.52. The number of hydrogen-bond acceptors (Lipinski definition) is 6. The zero-order valence-electron chi connectivity index (χ0n) is 23.4. The van der Waals surface area contributed by atoms with Gasteiger partial charge < -0.3 is 28.5 Å². The Kier molecular flexibility index (Phi) is 13.7. The standard InChI is InChI=1S/C30H46O6Si/c1-25(31)29(35-24-33-6)21-20-26(34-23-32-5)15-13-14-22-36-37(30(2,3)4,27-16-9-7-10-17-27)28-18-11-8-12-19-28/h7-12,16-21,25-26,29,31H,13-15,22-24H2,1-6H3/b21-20-/t25-,26+,29+/m0/s1. The van der Waals surface area contributed by atoms with Gasteiger partial charge in [0.05, 0.1) is 12.2 Å². The molecule has 0 aliphatic carbocycles. The summed E-state index contributed by atoms with van der Waals surface area (Å²) < 4.78 is 28.5. The van der Waals surface area contributed by atoms with E-state index in [1.165, 1.54) is 10.4 Å². The van der Waals surface area contributed by atoms with Crippen molar-refractivity contribution in [1.29, 1.82) is 0 Å². The van der Waals surface area contributed by atoms with E-state index in [2.05, 4.69) is 81.4 Å². The lowest BCUT2D eigenvalue weighted by molar-refractivity contribution is -0.0901. The van der Waals surface area contributed by atoms with Gasteiger partial charge in [0, 0.05) is 20.8 Å². The van der Waals surface area contributed by atoms with Crippen LogP contribution in [0.15, 0.2) is 72.8 Å². The molecule has 7 heteroatoms. The van der Waals surface area contributed by atoms with Gasteiger partial charge in [0.15, 0.2) is 0 Å². The maximum atomic E-state index is 9.99. The highest BCUT2D eigenvalue weighted by Crippen LogP contribution is 2.36.